The molecule has 12 heteroatoms. The van der Waals surface area contributed by atoms with Gasteiger partial charge < -0.3 is 19.5 Å². The van der Waals surface area contributed by atoms with Crippen LogP contribution in [-0.2, 0) is 26.4 Å². The number of pyridine rings is 2. The molecule has 0 aromatic carbocycles. The number of methoxy groups -OCH3 is 1. The van der Waals surface area contributed by atoms with Crippen LogP contribution in [0.5, 0.6) is 0 Å². The maximum Gasteiger partial charge on any atom is 0.338 e. The SMILES string of the molecule is COC(=O)C1=C(CS(C)(=O)=O)c2ccn(C)c(=O)c2C2=C3C1=CN(c1ncc(F)cc1F)C3CCN2. The Balaban J connectivity index is 1.91. The summed E-state index contributed by atoms with van der Waals surface area (Å²) in [5, 5.41) is 3.24. The number of halogens is 2. The topological polar surface area (TPSA) is 111 Å². The summed E-state index contributed by atoms with van der Waals surface area (Å²) in [5.41, 5.74) is 1.39. The summed E-state index contributed by atoms with van der Waals surface area (Å²) in [5.74, 6) is -3.25. The predicted octanol–water partition coefficient (Wildman–Crippen LogP) is 1.52. The molecule has 36 heavy (non-hydrogen) atoms. The van der Waals surface area contributed by atoms with Gasteiger partial charge in [0.2, 0.25) is 0 Å². The molecule has 0 spiro atoms. The molecule has 1 aliphatic carbocycles. The zero-order valence-corrected chi connectivity index (χ0v) is 20.4. The summed E-state index contributed by atoms with van der Waals surface area (Å²) in [6.07, 6.45) is 5.35. The number of hydrogen-bond donors (Lipinski definition) is 1. The molecule has 0 saturated heterocycles. The van der Waals surface area contributed by atoms with Crippen molar-refractivity contribution in [3.63, 3.8) is 0 Å². The van der Waals surface area contributed by atoms with Crippen LogP contribution in [0.4, 0.5) is 14.6 Å². The van der Waals surface area contributed by atoms with E-state index >= 15 is 0 Å². The third-order valence-corrected chi connectivity index (χ3v) is 7.27. The number of hydrogen-bond acceptors (Lipinski definition) is 8. The van der Waals surface area contributed by atoms with Crippen LogP contribution in [0.1, 0.15) is 17.5 Å². The standard InChI is InChI=1S/C24H22F2N4O5S/c1-29-7-5-13-15(11-36(3,33)34)18(24(32)35-2)14-10-30(22-16(26)8-12(25)9-28-22)17-4-6-27-21(19(14)17)20(13)23(29)31/h5,7-10,17,27H,4,6,11H2,1-3H3. The lowest BCUT2D eigenvalue weighted by Crippen LogP contribution is -2.39. The summed E-state index contributed by atoms with van der Waals surface area (Å²) >= 11 is 0. The molecule has 188 valence electrons. The van der Waals surface area contributed by atoms with E-state index in [9.17, 15) is 26.8 Å². The first-order valence-corrected chi connectivity index (χ1v) is 13.1. The smallest absolute Gasteiger partial charge is 0.338 e. The van der Waals surface area contributed by atoms with E-state index in [-0.39, 0.29) is 28.1 Å². The van der Waals surface area contributed by atoms with Gasteiger partial charge in [0.25, 0.3) is 5.56 Å². The average molecular weight is 517 g/mol. The van der Waals surface area contributed by atoms with Crippen molar-refractivity contribution in [3.05, 3.63) is 80.6 Å². The van der Waals surface area contributed by atoms with Gasteiger partial charge in [0.15, 0.2) is 21.5 Å². The first-order chi connectivity index (χ1) is 17.0. The van der Waals surface area contributed by atoms with Gasteiger partial charge in [-0.1, -0.05) is 0 Å². The molecule has 1 atom stereocenters. The van der Waals surface area contributed by atoms with Crippen LogP contribution in [0, 0.1) is 11.6 Å². The van der Waals surface area contributed by atoms with Gasteiger partial charge in [0, 0.05) is 49.5 Å². The van der Waals surface area contributed by atoms with Crippen molar-refractivity contribution < 1.29 is 26.7 Å². The number of aryl methyl sites for hydroxylation is 1. The Morgan fingerprint density at radius 3 is 2.75 bits per heavy atom. The summed E-state index contributed by atoms with van der Waals surface area (Å²) in [6, 6.07) is 1.75. The summed E-state index contributed by atoms with van der Waals surface area (Å²) in [4.78, 5) is 32.0. The number of anilines is 1. The van der Waals surface area contributed by atoms with Crippen LogP contribution >= 0.6 is 0 Å². The third kappa shape index (κ3) is 3.72. The number of nitrogens with one attached hydrogen (secondary N) is 1. The molecule has 9 nitrogen and oxygen atoms in total. The molecule has 5 rings (SSSR count). The quantitative estimate of drug-likeness (QED) is 0.610. The zero-order valence-electron chi connectivity index (χ0n) is 19.6. The lowest BCUT2D eigenvalue weighted by molar-refractivity contribution is -0.135. The van der Waals surface area contributed by atoms with Crippen molar-refractivity contribution in [1.29, 1.82) is 0 Å². The van der Waals surface area contributed by atoms with E-state index in [1.807, 2.05) is 0 Å². The number of sulfone groups is 1. The Kier molecular flexibility index (Phi) is 5.58. The number of aromatic nitrogens is 2. The van der Waals surface area contributed by atoms with E-state index in [2.05, 4.69) is 10.3 Å². The maximum atomic E-state index is 14.8. The van der Waals surface area contributed by atoms with Crippen molar-refractivity contribution in [3.8, 4) is 0 Å². The van der Waals surface area contributed by atoms with Crippen LogP contribution in [0.2, 0.25) is 0 Å². The van der Waals surface area contributed by atoms with E-state index in [0.29, 0.717) is 35.9 Å². The van der Waals surface area contributed by atoms with Crippen molar-refractivity contribution in [2.45, 2.75) is 12.5 Å². The lowest BCUT2D eigenvalue weighted by atomic mass is 9.89. The fourth-order valence-corrected chi connectivity index (χ4v) is 5.85. The van der Waals surface area contributed by atoms with E-state index in [1.165, 1.54) is 29.0 Å². The van der Waals surface area contributed by atoms with Gasteiger partial charge in [0.1, 0.15) is 5.82 Å². The predicted molar refractivity (Wildman–Crippen MR) is 128 cm³/mol. The van der Waals surface area contributed by atoms with Gasteiger partial charge in [-0.2, -0.15) is 0 Å². The molecule has 2 aliphatic heterocycles. The fourth-order valence-electron chi connectivity index (χ4n) is 5.03. The number of ether oxygens (including phenoxy) is 1. The first kappa shape index (κ1) is 23.9. The minimum Gasteiger partial charge on any atom is -0.465 e. The van der Waals surface area contributed by atoms with Gasteiger partial charge in [-0.05, 0) is 23.6 Å². The Morgan fingerprint density at radius 2 is 2.08 bits per heavy atom. The van der Waals surface area contributed by atoms with Crippen molar-refractivity contribution >= 4 is 32.9 Å². The second-order valence-corrected chi connectivity index (χ2v) is 11.0. The summed E-state index contributed by atoms with van der Waals surface area (Å²) < 4.78 is 59.8. The number of carbonyl (C=O) groups is 1. The molecule has 3 aliphatic rings. The number of carbonyl (C=O) groups excluding carboxylic acids is 1. The largest absolute Gasteiger partial charge is 0.465 e. The van der Waals surface area contributed by atoms with Gasteiger partial charge in [0.05, 0.1) is 41.9 Å². The second kappa shape index (κ2) is 8.40. The molecule has 0 amide bonds. The van der Waals surface area contributed by atoms with Crippen LogP contribution in [0.25, 0.3) is 11.3 Å². The maximum absolute atomic E-state index is 14.8. The zero-order chi connectivity index (χ0) is 25.9. The number of nitrogens with zero attached hydrogens (tertiary/aromatic N) is 3. The highest BCUT2D eigenvalue weighted by Crippen LogP contribution is 2.47. The summed E-state index contributed by atoms with van der Waals surface area (Å²) in [7, 11) is -0.941. The Labute approximate surface area is 205 Å². The second-order valence-electron chi connectivity index (χ2n) is 8.86. The number of fused-ring (bicyclic) bond motifs is 2. The minimum atomic E-state index is -3.68. The first-order valence-electron chi connectivity index (χ1n) is 11.0. The monoisotopic (exact) mass is 516 g/mol. The van der Waals surface area contributed by atoms with E-state index < -0.39 is 44.8 Å². The van der Waals surface area contributed by atoms with Crippen LogP contribution in [0.3, 0.4) is 0 Å². The molecular formula is C24H22F2N4O5S. The minimum absolute atomic E-state index is 0.0406. The number of esters is 1. The molecule has 1 unspecified atom stereocenters. The Bertz CT molecular complexity index is 1590. The normalized spacial score (nSPS) is 18.9. The molecule has 1 N–H and O–H groups in total. The highest BCUT2D eigenvalue weighted by Gasteiger charge is 2.44. The molecule has 0 radical (unpaired) electrons. The van der Waals surface area contributed by atoms with Crippen LogP contribution in [0.15, 0.2) is 52.2 Å². The number of rotatable bonds is 4. The van der Waals surface area contributed by atoms with Crippen LogP contribution in [-0.4, -0.2) is 55.6 Å². The fraction of sp³-hybridized carbons (Fsp3) is 0.292. The van der Waals surface area contributed by atoms with Gasteiger partial charge in [-0.15, -0.1) is 0 Å². The lowest BCUT2D eigenvalue weighted by Gasteiger charge is -2.32. The molecule has 0 fully saturated rings. The van der Waals surface area contributed by atoms with Crippen molar-refractivity contribution in [1.82, 2.24) is 14.9 Å². The highest BCUT2D eigenvalue weighted by atomic mass is 32.2. The third-order valence-electron chi connectivity index (χ3n) is 6.46. The Morgan fingerprint density at radius 1 is 1.33 bits per heavy atom. The van der Waals surface area contributed by atoms with E-state index in [1.54, 1.807) is 13.1 Å². The Hall–Kier alpha value is -3.80. The molecule has 0 bridgehead atoms. The molecular weight excluding hydrogens is 494 g/mol. The summed E-state index contributed by atoms with van der Waals surface area (Å²) in [6.45, 7) is 0.399. The van der Waals surface area contributed by atoms with Crippen molar-refractivity contribution in [2.24, 2.45) is 7.05 Å². The highest BCUT2D eigenvalue weighted by molar-refractivity contribution is 7.91. The molecule has 2 aromatic heterocycles. The van der Waals surface area contributed by atoms with Crippen molar-refractivity contribution in [2.75, 3.05) is 30.6 Å². The molecule has 0 saturated carbocycles. The van der Waals surface area contributed by atoms with E-state index in [0.717, 1.165) is 12.5 Å². The van der Waals surface area contributed by atoms with Gasteiger partial charge >= 0.3 is 5.97 Å². The van der Waals surface area contributed by atoms with Crippen LogP contribution < -0.4 is 15.8 Å². The molecule has 2 aromatic rings. The van der Waals surface area contributed by atoms with Gasteiger partial charge in [-0.25, -0.2) is 27.0 Å². The van der Waals surface area contributed by atoms with Gasteiger partial charge in [-0.3, -0.25) is 4.79 Å². The average Bonchev–Trinajstić information content (AvgIpc) is 3.13. The molecule has 4 heterocycles. The van der Waals surface area contributed by atoms with E-state index in [4.69, 9.17) is 4.74 Å².